The third kappa shape index (κ3) is 3.19. The number of carbonyl (C=O) groups is 2. The highest BCUT2D eigenvalue weighted by Gasteiger charge is 2.40. The van der Waals surface area contributed by atoms with E-state index >= 15 is 0 Å². The Kier molecular flexibility index (Phi) is 4.65. The molecule has 0 saturated carbocycles. The fourth-order valence-electron chi connectivity index (χ4n) is 3.10. The second-order valence-electron chi connectivity index (χ2n) is 6.16. The van der Waals surface area contributed by atoms with Crippen LogP contribution in [0.5, 0.6) is 0 Å². The molecule has 1 aromatic carbocycles. The van der Waals surface area contributed by atoms with Crippen LogP contribution in [0.2, 0.25) is 5.02 Å². The predicted molar refractivity (Wildman–Crippen MR) is 95.0 cm³/mol. The highest BCUT2D eigenvalue weighted by Crippen LogP contribution is 2.35. The van der Waals surface area contributed by atoms with Crippen LogP contribution in [0.3, 0.4) is 0 Å². The molecule has 1 N–H and O–H groups in total. The first-order chi connectivity index (χ1) is 11.4. The van der Waals surface area contributed by atoms with Crippen LogP contribution in [0.4, 0.5) is 0 Å². The second kappa shape index (κ2) is 6.57. The van der Waals surface area contributed by atoms with Crippen LogP contribution >= 0.6 is 22.9 Å². The fraction of sp³-hybridized carbons (Fsp3) is 0.333. The number of hydrogen-bond donors (Lipinski definition) is 1. The minimum Gasteiger partial charge on any atom is -0.481 e. The van der Waals surface area contributed by atoms with Crippen molar-refractivity contribution in [1.82, 2.24) is 4.90 Å². The number of amides is 1. The van der Waals surface area contributed by atoms with Crippen molar-refractivity contribution >= 4 is 34.8 Å². The monoisotopic (exact) mass is 363 g/mol. The van der Waals surface area contributed by atoms with Crippen molar-refractivity contribution in [1.29, 1.82) is 0 Å². The lowest BCUT2D eigenvalue weighted by atomic mass is 9.89. The van der Waals surface area contributed by atoms with Crippen LogP contribution < -0.4 is 0 Å². The first kappa shape index (κ1) is 17.0. The maximum absolute atomic E-state index is 12.7. The number of carboxylic acid groups (broad SMARTS) is 1. The number of likely N-dealkylation sites (tertiary alicyclic amines) is 1. The molecule has 0 radical (unpaired) electrons. The smallest absolute Gasteiger partial charge is 0.308 e. The molecule has 0 aliphatic carbocycles. The molecule has 4 nitrogen and oxygen atoms in total. The van der Waals surface area contributed by atoms with Crippen molar-refractivity contribution in [2.24, 2.45) is 5.92 Å². The van der Waals surface area contributed by atoms with Crippen molar-refractivity contribution in [2.45, 2.75) is 19.8 Å². The molecule has 0 spiro atoms. The minimum atomic E-state index is -0.871. The van der Waals surface area contributed by atoms with Crippen molar-refractivity contribution in [3.63, 3.8) is 0 Å². The number of nitrogens with zero attached hydrogens (tertiary/aromatic N) is 1. The maximum Gasteiger partial charge on any atom is 0.308 e. The van der Waals surface area contributed by atoms with Crippen LogP contribution in [0.15, 0.2) is 30.3 Å². The van der Waals surface area contributed by atoms with E-state index in [1.165, 1.54) is 11.3 Å². The lowest BCUT2D eigenvalue weighted by Crippen LogP contribution is -2.29. The first-order valence-corrected chi connectivity index (χ1v) is 8.91. The van der Waals surface area contributed by atoms with Gasteiger partial charge in [-0.1, -0.05) is 23.7 Å². The van der Waals surface area contributed by atoms with E-state index in [-0.39, 0.29) is 18.4 Å². The van der Waals surface area contributed by atoms with Gasteiger partial charge < -0.3 is 10.0 Å². The molecule has 6 heteroatoms. The molecule has 1 aliphatic heterocycles. The summed E-state index contributed by atoms with van der Waals surface area (Å²) in [5.74, 6) is -1.77. The van der Waals surface area contributed by atoms with Crippen LogP contribution in [-0.2, 0) is 4.79 Å². The third-order valence-electron chi connectivity index (χ3n) is 4.60. The number of rotatable bonds is 3. The molecule has 24 heavy (non-hydrogen) atoms. The van der Waals surface area contributed by atoms with Crippen molar-refractivity contribution in [2.75, 3.05) is 13.1 Å². The Hall–Kier alpha value is -1.85. The van der Waals surface area contributed by atoms with Crippen molar-refractivity contribution in [3.05, 3.63) is 56.2 Å². The summed E-state index contributed by atoms with van der Waals surface area (Å²) in [6.45, 7) is 4.60. The number of carboxylic acids is 1. The number of halogens is 1. The number of thiophene rings is 1. The van der Waals surface area contributed by atoms with Gasteiger partial charge in [0.05, 0.1) is 10.8 Å². The molecule has 0 bridgehead atoms. The molecule has 0 unspecified atom stereocenters. The first-order valence-electron chi connectivity index (χ1n) is 7.71. The Labute approximate surface area is 149 Å². The van der Waals surface area contributed by atoms with Gasteiger partial charge in [0.2, 0.25) is 0 Å². The molecular formula is C18H18ClNO3S. The maximum atomic E-state index is 12.7. The van der Waals surface area contributed by atoms with Crippen molar-refractivity contribution < 1.29 is 14.7 Å². The Morgan fingerprint density at radius 2 is 1.88 bits per heavy atom. The highest BCUT2D eigenvalue weighted by molar-refractivity contribution is 7.14. The van der Waals surface area contributed by atoms with E-state index in [2.05, 4.69) is 0 Å². The Balaban J connectivity index is 1.85. The molecule has 2 atom stereocenters. The van der Waals surface area contributed by atoms with Crippen LogP contribution in [0.1, 0.15) is 31.6 Å². The predicted octanol–water partition coefficient (Wildman–Crippen LogP) is 3.96. The number of aryl methyl sites for hydroxylation is 2. The van der Waals surface area contributed by atoms with Gasteiger partial charge in [-0.2, -0.15) is 0 Å². The van der Waals surface area contributed by atoms with Crippen LogP contribution in [0, 0.1) is 19.8 Å². The molecule has 126 valence electrons. The molecule has 1 saturated heterocycles. The minimum absolute atomic E-state index is 0.0843. The van der Waals surface area contributed by atoms with Gasteiger partial charge in [-0.05, 0) is 43.2 Å². The standard InChI is InChI=1S/C18H18ClNO3S/c1-10-7-16(24-11(10)2)17(21)20-8-14(15(9-20)18(22)23)12-3-5-13(19)6-4-12/h3-7,14-15H,8-9H2,1-2H3,(H,22,23)/t14-,15+/m0/s1. The summed E-state index contributed by atoms with van der Waals surface area (Å²) in [5, 5.41) is 10.2. The van der Waals surface area contributed by atoms with E-state index in [0.29, 0.717) is 16.4 Å². The van der Waals surface area contributed by atoms with E-state index in [0.717, 1.165) is 16.0 Å². The number of aliphatic carboxylic acids is 1. The largest absolute Gasteiger partial charge is 0.481 e. The molecule has 1 aromatic heterocycles. The molecule has 1 fully saturated rings. The van der Waals surface area contributed by atoms with E-state index in [4.69, 9.17) is 11.6 Å². The fourth-order valence-corrected chi connectivity index (χ4v) is 4.23. The summed E-state index contributed by atoms with van der Waals surface area (Å²) < 4.78 is 0. The van der Waals surface area contributed by atoms with Gasteiger partial charge in [-0.15, -0.1) is 11.3 Å². The topological polar surface area (TPSA) is 57.6 Å². The summed E-state index contributed by atoms with van der Waals surface area (Å²) >= 11 is 7.38. The average molecular weight is 364 g/mol. The molecule has 3 rings (SSSR count). The van der Waals surface area contributed by atoms with E-state index < -0.39 is 11.9 Å². The van der Waals surface area contributed by atoms with E-state index in [9.17, 15) is 14.7 Å². The van der Waals surface area contributed by atoms with Crippen LogP contribution in [0.25, 0.3) is 0 Å². The van der Waals surface area contributed by atoms with Crippen LogP contribution in [-0.4, -0.2) is 35.0 Å². The lowest BCUT2D eigenvalue weighted by molar-refractivity contribution is -0.141. The molecule has 2 heterocycles. The molecule has 1 aliphatic rings. The van der Waals surface area contributed by atoms with Gasteiger partial charge in [-0.25, -0.2) is 0 Å². The SMILES string of the molecule is Cc1cc(C(=O)N2C[C@@H](C(=O)O)[C@H](c3ccc(Cl)cc3)C2)sc1C. The Morgan fingerprint density at radius 3 is 2.42 bits per heavy atom. The van der Waals surface area contributed by atoms with E-state index in [1.807, 2.05) is 32.0 Å². The number of carbonyl (C=O) groups excluding carboxylic acids is 1. The number of hydrogen-bond acceptors (Lipinski definition) is 3. The van der Waals surface area contributed by atoms with E-state index in [1.54, 1.807) is 17.0 Å². The summed E-state index contributed by atoms with van der Waals surface area (Å²) in [6.07, 6.45) is 0. The summed E-state index contributed by atoms with van der Waals surface area (Å²) in [6, 6.07) is 9.08. The number of benzene rings is 1. The van der Waals surface area contributed by atoms with Gasteiger partial charge >= 0.3 is 5.97 Å². The quantitative estimate of drug-likeness (QED) is 0.898. The summed E-state index contributed by atoms with van der Waals surface area (Å²) in [7, 11) is 0. The van der Waals surface area contributed by atoms with Gasteiger partial charge in [0.1, 0.15) is 0 Å². The normalized spacial score (nSPS) is 20.4. The zero-order chi connectivity index (χ0) is 17.4. The Bertz CT molecular complexity index is 765. The third-order valence-corrected chi connectivity index (χ3v) is 5.99. The van der Waals surface area contributed by atoms with Gasteiger partial charge in [0.25, 0.3) is 5.91 Å². The lowest BCUT2D eigenvalue weighted by Gasteiger charge is -2.16. The van der Waals surface area contributed by atoms with Gasteiger partial charge in [-0.3, -0.25) is 9.59 Å². The second-order valence-corrected chi connectivity index (χ2v) is 7.86. The molecular weight excluding hydrogens is 346 g/mol. The molecule has 2 aromatic rings. The summed E-state index contributed by atoms with van der Waals surface area (Å²) in [5.41, 5.74) is 1.99. The Morgan fingerprint density at radius 1 is 1.21 bits per heavy atom. The molecule has 1 amide bonds. The zero-order valence-corrected chi connectivity index (χ0v) is 15.0. The average Bonchev–Trinajstić information content (AvgIpc) is 3.12. The summed E-state index contributed by atoms with van der Waals surface area (Å²) in [4.78, 5) is 27.8. The highest BCUT2D eigenvalue weighted by atomic mass is 35.5. The van der Waals surface area contributed by atoms with Crippen molar-refractivity contribution in [3.8, 4) is 0 Å². The van der Waals surface area contributed by atoms with Gasteiger partial charge in [0.15, 0.2) is 0 Å². The van der Waals surface area contributed by atoms with Gasteiger partial charge in [0, 0.05) is 28.9 Å². The zero-order valence-electron chi connectivity index (χ0n) is 13.5.